The Morgan fingerprint density at radius 3 is 2.23 bits per heavy atom. The topological polar surface area (TPSA) is 87.2 Å². The fourth-order valence-corrected chi connectivity index (χ4v) is 6.77. The van der Waals surface area contributed by atoms with Crippen molar-refractivity contribution in [3.63, 3.8) is 0 Å². The van der Waals surface area contributed by atoms with Gasteiger partial charge in [-0.1, -0.05) is 25.2 Å². The second-order valence-electron chi connectivity index (χ2n) is 12.7. The quantitative estimate of drug-likeness (QED) is 0.397. The van der Waals surface area contributed by atoms with E-state index in [2.05, 4.69) is 18.8 Å². The van der Waals surface area contributed by atoms with E-state index in [4.69, 9.17) is 4.74 Å². The van der Waals surface area contributed by atoms with E-state index in [1.54, 1.807) is 15.9 Å². The van der Waals surface area contributed by atoms with E-state index >= 15 is 0 Å². The molecule has 1 N–H and O–H groups in total. The minimum absolute atomic E-state index is 0.00676. The summed E-state index contributed by atoms with van der Waals surface area (Å²) in [5.74, 6) is 5.80. The normalized spacial score (nSPS) is 23.0. The summed E-state index contributed by atoms with van der Waals surface area (Å²) in [5.41, 5.74) is 0.235. The molecule has 2 saturated carbocycles. The van der Waals surface area contributed by atoms with Crippen LogP contribution in [0, 0.1) is 29.1 Å². The van der Waals surface area contributed by atoms with Crippen LogP contribution >= 0.6 is 11.3 Å². The van der Waals surface area contributed by atoms with Crippen molar-refractivity contribution in [1.82, 2.24) is 4.90 Å². The molecule has 0 atom stereocenters. The first-order valence-corrected chi connectivity index (χ1v) is 15.5. The van der Waals surface area contributed by atoms with Crippen molar-refractivity contribution in [2.75, 3.05) is 18.0 Å². The molecule has 7 nitrogen and oxygen atoms in total. The number of carboxylic acids is 1. The van der Waals surface area contributed by atoms with Crippen LogP contribution in [0.25, 0.3) is 0 Å². The number of likely N-dealkylation sites (tertiary alicyclic amines) is 1. The Labute approximate surface area is 237 Å². The summed E-state index contributed by atoms with van der Waals surface area (Å²) in [6.07, 6.45) is 9.86. The lowest BCUT2D eigenvalue weighted by Gasteiger charge is -2.40. The van der Waals surface area contributed by atoms with Gasteiger partial charge in [0.05, 0.1) is 10.6 Å². The van der Waals surface area contributed by atoms with Crippen LogP contribution in [0.3, 0.4) is 0 Å². The molecule has 3 aliphatic rings. The Balaban J connectivity index is 1.56. The summed E-state index contributed by atoms with van der Waals surface area (Å²) >= 11 is 1.14. The molecule has 2 amide bonds. The van der Waals surface area contributed by atoms with Gasteiger partial charge < -0.3 is 19.6 Å². The molecule has 0 radical (unpaired) electrons. The molecule has 2 aliphatic carbocycles. The van der Waals surface area contributed by atoms with Gasteiger partial charge in [-0.25, -0.2) is 9.59 Å². The molecule has 4 rings (SSSR count). The monoisotopic (exact) mass is 556 g/mol. The maximum Gasteiger partial charge on any atom is 0.410 e. The molecule has 0 unspecified atom stereocenters. The van der Waals surface area contributed by atoms with Crippen molar-refractivity contribution in [2.45, 2.75) is 110 Å². The molecule has 39 heavy (non-hydrogen) atoms. The van der Waals surface area contributed by atoms with Gasteiger partial charge in [-0.15, -0.1) is 11.3 Å². The molecule has 3 fully saturated rings. The van der Waals surface area contributed by atoms with Gasteiger partial charge in [0.25, 0.3) is 0 Å². The van der Waals surface area contributed by atoms with E-state index in [0.29, 0.717) is 42.4 Å². The Morgan fingerprint density at radius 1 is 1.00 bits per heavy atom. The highest BCUT2D eigenvalue weighted by atomic mass is 32.1. The minimum Gasteiger partial charge on any atom is -0.477 e. The third-order valence-corrected chi connectivity index (χ3v) is 9.26. The van der Waals surface area contributed by atoms with Crippen molar-refractivity contribution >= 4 is 35.0 Å². The fraction of sp³-hybridized carbons (Fsp3) is 0.710. The van der Waals surface area contributed by atoms with Gasteiger partial charge in [-0.05, 0) is 97.0 Å². The van der Waals surface area contributed by atoms with Crippen LogP contribution in [-0.4, -0.2) is 53.2 Å². The number of carbonyl (C=O) groups excluding carboxylic acids is 2. The van der Waals surface area contributed by atoms with Crippen molar-refractivity contribution in [3.05, 3.63) is 15.8 Å². The summed E-state index contributed by atoms with van der Waals surface area (Å²) in [4.78, 5) is 43.6. The van der Waals surface area contributed by atoms with E-state index in [1.165, 1.54) is 6.42 Å². The predicted octanol–water partition coefficient (Wildman–Crippen LogP) is 6.94. The number of aromatic carboxylic acids is 1. The van der Waals surface area contributed by atoms with E-state index in [-0.39, 0.29) is 40.4 Å². The van der Waals surface area contributed by atoms with Crippen LogP contribution in [0.5, 0.6) is 0 Å². The van der Waals surface area contributed by atoms with Gasteiger partial charge in [0.1, 0.15) is 11.0 Å². The number of ether oxygens (including phenoxy) is 1. The highest BCUT2D eigenvalue weighted by Crippen LogP contribution is 2.38. The van der Waals surface area contributed by atoms with E-state index in [0.717, 1.165) is 62.7 Å². The molecule has 214 valence electrons. The van der Waals surface area contributed by atoms with Crippen LogP contribution in [0.4, 0.5) is 10.5 Å². The number of carbonyl (C=O) groups is 3. The van der Waals surface area contributed by atoms with Gasteiger partial charge in [0.15, 0.2) is 0 Å². The summed E-state index contributed by atoms with van der Waals surface area (Å²) in [5, 5.41) is 10.1. The van der Waals surface area contributed by atoms with Gasteiger partial charge in [0.2, 0.25) is 5.91 Å². The number of hydrogen-bond donors (Lipinski definition) is 1. The van der Waals surface area contributed by atoms with Crippen LogP contribution in [0.2, 0.25) is 0 Å². The highest BCUT2D eigenvalue weighted by Gasteiger charge is 2.38. The van der Waals surface area contributed by atoms with Gasteiger partial charge in [0, 0.05) is 30.5 Å². The summed E-state index contributed by atoms with van der Waals surface area (Å²) in [6, 6.07) is 1.62. The average Bonchev–Trinajstić information content (AvgIpc) is 3.33. The highest BCUT2D eigenvalue weighted by molar-refractivity contribution is 7.15. The summed E-state index contributed by atoms with van der Waals surface area (Å²) < 4.78 is 5.79. The number of hydrogen-bond acceptors (Lipinski definition) is 5. The number of nitrogens with zero attached hydrogens (tertiary/aromatic N) is 2. The maximum absolute atomic E-state index is 14.1. The lowest BCUT2D eigenvalue weighted by molar-refractivity contribution is -0.124. The number of carboxylic acid groups (broad SMARTS) is 1. The van der Waals surface area contributed by atoms with Crippen molar-refractivity contribution in [1.29, 1.82) is 0 Å². The molecular weight excluding hydrogens is 512 g/mol. The largest absolute Gasteiger partial charge is 0.477 e. The van der Waals surface area contributed by atoms with Crippen LogP contribution < -0.4 is 4.90 Å². The lowest BCUT2D eigenvalue weighted by Crippen LogP contribution is -2.51. The first-order chi connectivity index (χ1) is 18.5. The second-order valence-corrected chi connectivity index (χ2v) is 13.7. The van der Waals surface area contributed by atoms with Crippen LogP contribution in [0.15, 0.2) is 6.07 Å². The summed E-state index contributed by atoms with van der Waals surface area (Å²) in [6.45, 7) is 9.25. The number of amides is 2. The third kappa shape index (κ3) is 7.78. The molecule has 1 aliphatic heterocycles. The Kier molecular flexibility index (Phi) is 9.64. The summed E-state index contributed by atoms with van der Waals surface area (Å²) in [7, 11) is 0. The molecule has 0 aromatic carbocycles. The van der Waals surface area contributed by atoms with E-state index in [1.807, 2.05) is 20.8 Å². The number of rotatable bonds is 5. The second kappa shape index (κ2) is 12.8. The molecule has 0 bridgehead atoms. The molecule has 1 aromatic heterocycles. The van der Waals surface area contributed by atoms with Crippen molar-refractivity contribution < 1.29 is 24.2 Å². The predicted molar refractivity (Wildman–Crippen MR) is 154 cm³/mol. The Morgan fingerprint density at radius 2 is 1.64 bits per heavy atom. The number of thiophene rings is 1. The fourth-order valence-electron chi connectivity index (χ4n) is 5.93. The molecule has 2 heterocycles. The van der Waals surface area contributed by atoms with E-state index < -0.39 is 5.97 Å². The van der Waals surface area contributed by atoms with Crippen molar-refractivity contribution in [3.8, 4) is 11.8 Å². The zero-order valence-electron chi connectivity index (χ0n) is 24.0. The molecule has 1 saturated heterocycles. The van der Waals surface area contributed by atoms with Crippen LogP contribution in [-0.2, 0) is 9.53 Å². The smallest absolute Gasteiger partial charge is 0.410 e. The number of piperidine rings is 1. The third-order valence-electron chi connectivity index (χ3n) is 8.24. The Bertz CT molecular complexity index is 1090. The van der Waals surface area contributed by atoms with Gasteiger partial charge in [-0.3, -0.25) is 4.79 Å². The molecular formula is C31H44N2O5S. The maximum atomic E-state index is 14.1. The first kappa shape index (κ1) is 29.5. The average molecular weight is 557 g/mol. The Hall–Kier alpha value is -2.53. The zero-order chi connectivity index (χ0) is 28.2. The zero-order valence-corrected chi connectivity index (χ0v) is 24.8. The lowest BCUT2D eigenvalue weighted by atomic mass is 9.82. The first-order valence-electron chi connectivity index (χ1n) is 14.7. The standard InChI is InChI=1S/C31H44N2O5S/c1-21-10-12-22(13-11-21)28(34)33(26-20-25(14-17-31(2,3)4)39-27(26)29(35)36)23-15-18-32(19-16-23)30(37)38-24-8-6-5-7-9-24/h20-24H,5-13,15-16,18-19H2,1-4H3,(H,35,36). The SMILES string of the molecule is CC1CCC(C(=O)N(c2cc(C#CC(C)(C)C)sc2C(=O)O)C2CCN(C(=O)OC3CCCCC3)CC2)CC1. The van der Waals surface area contributed by atoms with Crippen molar-refractivity contribution in [2.24, 2.45) is 17.3 Å². The van der Waals surface area contributed by atoms with Gasteiger partial charge in [-0.2, -0.15) is 0 Å². The number of anilines is 1. The van der Waals surface area contributed by atoms with Crippen LogP contribution in [0.1, 0.15) is 113 Å². The molecule has 8 heteroatoms. The van der Waals surface area contributed by atoms with Gasteiger partial charge >= 0.3 is 12.1 Å². The molecule has 1 aromatic rings. The van der Waals surface area contributed by atoms with E-state index in [9.17, 15) is 19.5 Å². The molecule has 0 spiro atoms. The minimum atomic E-state index is -1.04.